The molecule has 0 bridgehead atoms. The molecule has 2 N–H and O–H groups in total. The summed E-state index contributed by atoms with van der Waals surface area (Å²) in [6.07, 6.45) is 4.22. The lowest BCUT2D eigenvalue weighted by Gasteiger charge is -2.08. The van der Waals surface area contributed by atoms with Crippen LogP contribution >= 0.6 is 0 Å². The van der Waals surface area contributed by atoms with E-state index in [1.807, 2.05) is 52.8 Å². The van der Waals surface area contributed by atoms with Crippen LogP contribution in [0.25, 0.3) is 22.3 Å². The number of nitrogens with one attached hydrogen (secondary N) is 2. The van der Waals surface area contributed by atoms with Gasteiger partial charge in [0.1, 0.15) is 17.2 Å². The minimum absolute atomic E-state index is 0.225. The Bertz CT molecular complexity index is 902. The molecule has 2 aromatic carbocycles. The second kappa shape index (κ2) is 14.4. The lowest BCUT2D eigenvalue weighted by atomic mass is 10.0. The second-order valence-electron chi connectivity index (χ2n) is 6.70. The lowest BCUT2D eigenvalue weighted by Crippen LogP contribution is -2.21. The molecule has 1 aliphatic rings. The number of hydrogen-bond acceptors (Lipinski definition) is 3. The molecule has 1 aliphatic heterocycles. The molecule has 170 valence electrons. The molecule has 31 heavy (non-hydrogen) atoms. The van der Waals surface area contributed by atoms with Crippen molar-refractivity contribution in [2.75, 3.05) is 20.1 Å². The summed E-state index contributed by atoms with van der Waals surface area (Å²) in [4.78, 5) is 12.2. The van der Waals surface area contributed by atoms with Gasteiger partial charge in [0.25, 0.3) is 5.91 Å². The fourth-order valence-corrected chi connectivity index (χ4v) is 3.16. The fraction of sp³-hybridized carbons (Fsp3) is 0.423. The molecule has 0 unspecified atom stereocenters. The van der Waals surface area contributed by atoms with Crippen molar-refractivity contribution in [3.8, 4) is 11.3 Å². The maximum Gasteiger partial charge on any atom is 0.255 e. The van der Waals surface area contributed by atoms with Gasteiger partial charge < -0.3 is 15.1 Å². The number of aryl methyl sites for hydroxylation is 1. The van der Waals surface area contributed by atoms with Gasteiger partial charge >= 0.3 is 0 Å². The predicted molar refractivity (Wildman–Crippen MR) is 129 cm³/mol. The number of amides is 1. The number of benzene rings is 2. The highest BCUT2D eigenvalue weighted by Gasteiger charge is 2.21. The van der Waals surface area contributed by atoms with E-state index in [0.717, 1.165) is 10.9 Å². The van der Waals surface area contributed by atoms with Crippen LogP contribution in [0.3, 0.4) is 0 Å². The highest BCUT2D eigenvalue weighted by molar-refractivity contribution is 6.11. The zero-order chi connectivity index (χ0) is 23.2. The molecule has 2 heterocycles. The topological polar surface area (TPSA) is 54.3 Å². The summed E-state index contributed by atoms with van der Waals surface area (Å²) in [5.41, 5.74) is 2.83. The number of piperidine rings is 1. The lowest BCUT2D eigenvalue weighted by molar-refractivity contribution is 0.0964. The van der Waals surface area contributed by atoms with Crippen molar-refractivity contribution in [2.24, 2.45) is 0 Å². The van der Waals surface area contributed by atoms with E-state index in [-0.39, 0.29) is 11.7 Å². The Balaban J connectivity index is 0.000000404. The van der Waals surface area contributed by atoms with E-state index < -0.39 is 0 Å². The van der Waals surface area contributed by atoms with Gasteiger partial charge in [0.2, 0.25) is 0 Å². The molecule has 4 rings (SSSR count). The average Bonchev–Trinajstić information content (AvgIpc) is 3.21. The van der Waals surface area contributed by atoms with Gasteiger partial charge in [-0.1, -0.05) is 46.2 Å². The fourth-order valence-electron chi connectivity index (χ4n) is 3.16. The summed E-state index contributed by atoms with van der Waals surface area (Å²) >= 11 is 0. The Morgan fingerprint density at radius 3 is 2.06 bits per heavy atom. The SMILES string of the molecule is C1CCNCC1.CC.CC.CNC(=O)c1c(-c2ccc(F)cc2)oc2cc(C)ccc12. The van der Waals surface area contributed by atoms with Crippen LogP contribution in [-0.4, -0.2) is 26.0 Å². The first-order valence-corrected chi connectivity index (χ1v) is 11.3. The molecule has 0 aliphatic carbocycles. The second-order valence-corrected chi connectivity index (χ2v) is 6.70. The van der Waals surface area contributed by atoms with Gasteiger partial charge in [0, 0.05) is 18.0 Å². The first-order chi connectivity index (χ1) is 15.1. The van der Waals surface area contributed by atoms with Gasteiger partial charge in [0.05, 0.1) is 5.56 Å². The summed E-state index contributed by atoms with van der Waals surface area (Å²) in [6.45, 7) is 12.5. The summed E-state index contributed by atoms with van der Waals surface area (Å²) in [6, 6.07) is 11.6. The van der Waals surface area contributed by atoms with Gasteiger partial charge in [0.15, 0.2) is 0 Å². The number of hydrogen-bond donors (Lipinski definition) is 2. The Labute approximate surface area is 186 Å². The number of halogens is 1. The molecule has 0 radical (unpaired) electrons. The highest BCUT2D eigenvalue weighted by atomic mass is 19.1. The maximum atomic E-state index is 13.1. The van der Waals surface area contributed by atoms with Crippen LogP contribution in [-0.2, 0) is 0 Å². The van der Waals surface area contributed by atoms with Gasteiger partial charge in [-0.2, -0.15) is 0 Å². The first kappa shape index (κ1) is 26.4. The first-order valence-electron chi connectivity index (χ1n) is 11.3. The Hall–Kier alpha value is -2.66. The molecule has 5 heteroatoms. The number of carbonyl (C=O) groups excluding carboxylic acids is 1. The largest absolute Gasteiger partial charge is 0.455 e. The van der Waals surface area contributed by atoms with E-state index in [1.165, 1.54) is 44.5 Å². The molecular formula is C26H37FN2O2. The predicted octanol–water partition coefficient (Wildman–Crippen LogP) is 6.72. The molecule has 1 saturated heterocycles. The minimum atomic E-state index is -0.327. The van der Waals surface area contributed by atoms with E-state index in [4.69, 9.17) is 4.42 Å². The van der Waals surface area contributed by atoms with Crippen molar-refractivity contribution < 1.29 is 13.6 Å². The smallest absolute Gasteiger partial charge is 0.255 e. The molecule has 3 aromatic rings. The number of fused-ring (bicyclic) bond motifs is 1. The zero-order valence-electron chi connectivity index (χ0n) is 19.8. The van der Waals surface area contributed by atoms with Crippen molar-refractivity contribution in [2.45, 2.75) is 53.9 Å². The van der Waals surface area contributed by atoms with Crippen LogP contribution in [0.4, 0.5) is 4.39 Å². The summed E-state index contributed by atoms with van der Waals surface area (Å²) in [5, 5.41) is 6.66. The third-order valence-electron chi connectivity index (χ3n) is 4.61. The summed E-state index contributed by atoms with van der Waals surface area (Å²) in [5.74, 6) is -0.0981. The number of rotatable bonds is 2. The number of carbonyl (C=O) groups is 1. The molecule has 0 spiro atoms. The van der Waals surface area contributed by atoms with Crippen molar-refractivity contribution >= 4 is 16.9 Å². The van der Waals surface area contributed by atoms with E-state index >= 15 is 0 Å². The van der Waals surface area contributed by atoms with E-state index in [9.17, 15) is 9.18 Å². The Morgan fingerprint density at radius 1 is 0.968 bits per heavy atom. The molecule has 0 atom stereocenters. The quantitative estimate of drug-likeness (QED) is 0.476. The third kappa shape index (κ3) is 7.51. The van der Waals surface area contributed by atoms with Gasteiger partial charge in [-0.15, -0.1) is 0 Å². The molecule has 0 saturated carbocycles. The van der Waals surface area contributed by atoms with Crippen LogP contribution in [0.2, 0.25) is 0 Å². The van der Waals surface area contributed by atoms with Crippen LogP contribution in [0.15, 0.2) is 46.9 Å². The minimum Gasteiger partial charge on any atom is -0.455 e. The van der Waals surface area contributed by atoms with Gasteiger partial charge in [-0.05, 0) is 68.8 Å². The number of furan rings is 1. The van der Waals surface area contributed by atoms with Crippen LogP contribution in [0.1, 0.15) is 62.9 Å². The zero-order valence-corrected chi connectivity index (χ0v) is 19.8. The van der Waals surface area contributed by atoms with Crippen LogP contribution in [0, 0.1) is 12.7 Å². The monoisotopic (exact) mass is 428 g/mol. The van der Waals surface area contributed by atoms with Crippen molar-refractivity contribution in [3.05, 3.63) is 59.4 Å². The molecular weight excluding hydrogens is 391 g/mol. The van der Waals surface area contributed by atoms with Gasteiger partial charge in [-0.25, -0.2) is 4.39 Å². The molecule has 1 amide bonds. The normalized spacial score (nSPS) is 12.4. The molecule has 1 fully saturated rings. The van der Waals surface area contributed by atoms with E-state index in [1.54, 1.807) is 19.2 Å². The van der Waals surface area contributed by atoms with Crippen LogP contribution < -0.4 is 10.6 Å². The van der Waals surface area contributed by atoms with E-state index in [0.29, 0.717) is 22.5 Å². The van der Waals surface area contributed by atoms with Crippen molar-refractivity contribution in [1.82, 2.24) is 10.6 Å². The average molecular weight is 429 g/mol. The highest BCUT2D eigenvalue weighted by Crippen LogP contribution is 2.34. The summed E-state index contributed by atoms with van der Waals surface area (Å²) in [7, 11) is 1.57. The Kier molecular flexibility index (Phi) is 12.2. The summed E-state index contributed by atoms with van der Waals surface area (Å²) < 4.78 is 18.9. The maximum absolute atomic E-state index is 13.1. The Morgan fingerprint density at radius 2 is 1.58 bits per heavy atom. The van der Waals surface area contributed by atoms with E-state index in [2.05, 4.69) is 10.6 Å². The standard InChI is InChI=1S/C17H14FNO2.C5H11N.2C2H6/c1-10-3-8-13-14(9-10)21-16(15(13)17(20)19-2)11-4-6-12(18)7-5-11;1-2-4-6-5-3-1;2*1-2/h3-9H,1-2H3,(H,19,20);6H,1-5H2;2*1-2H3. The third-order valence-corrected chi connectivity index (χ3v) is 4.61. The molecule has 1 aromatic heterocycles. The van der Waals surface area contributed by atoms with Gasteiger partial charge in [-0.3, -0.25) is 4.79 Å². The molecule has 4 nitrogen and oxygen atoms in total. The van der Waals surface area contributed by atoms with Crippen LogP contribution in [0.5, 0.6) is 0 Å². The van der Waals surface area contributed by atoms with Crippen molar-refractivity contribution in [1.29, 1.82) is 0 Å². The van der Waals surface area contributed by atoms with Crippen molar-refractivity contribution in [3.63, 3.8) is 0 Å².